The van der Waals surface area contributed by atoms with Crippen molar-refractivity contribution < 1.29 is 9.90 Å². The zero-order valence-corrected chi connectivity index (χ0v) is 18.7. The van der Waals surface area contributed by atoms with E-state index in [-0.39, 0.29) is 16.4 Å². The predicted octanol–water partition coefficient (Wildman–Crippen LogP) is 5.28. The van der Waals surface area contributed by atoms with Crippen molar-refractivity contribution in [2.45, 2.75) is 32.4 Å². The Hall–Kier alpha value is -2.74. The Morgan fingerprint density at radius 3 is 2.20 bits per heavy atom. The monoisotopic (exact) mass is 439 g/mol. The first-order chi connectivity index (χ1) is 14.2. The summed E-state index contributed by atoms with van der Waals surface area (Å²) in [6, 6.07) is 18.8. The van der Waals surface area contributed by atoms with Gasteiger partial charge in [-0.3, -0.25) is 10.1 Å². The zero-order valence-electron chi connectivity index (χ0n) is 17.1. The third-order valence-electron chi connectivity index (χ3n) is 4.51. The minimum Gasteiger partial charge on any atom is -0.369 e. The Balaban J connectivity index is 1.55. The molecule has 1 heterocycles. The first kappa shape index (κ1) is 22.0. The van der Waals surface area contributed by atoms with Gasteiger partial charge in [0, 0.05) is 16.9 Å². The molecular weight excluding hydrogens is 414 g/mol. The topological polar surface area (TPSA) is 73.4 Å². The van der Waals surface area contributed by atoms with E-state index in [1.54, 1.807) is 6.07 Å². The lowest BCUT2D eigenvalue weighted by Crippen LogP contribution is -2.33. The Morgan fingerprint density at radius 1 is 1.00 bits per heavy atom. The zero-order chi connectivity index (χ0) is 21.7. The second-order valence-electron chi connectivity index (χ2n) is 7.88. The van der Waals surface area contributed by atoms with Crippen LogP contribution in [0, 0.1) is 0 Å². The number of thiophene rings is 1. The molecule has 2 aromatic carbocycles. The molecule has 0 aliphatic rings. The van der Waals surface area contributed by atoms with Crippen molar-refractivity contribution in [2.75, 3.05) is 10.6 Å². The molecule has 0 spiro atoms. The summed E-state index contributed by atoms with van der Waals surface area (Å²) in [6.07, 6.45) is -0.816. The quantitative estimate of drug-likeness (QED) is 0.322. The van der Waals surface area contributed by atoms with Gasteiger partial charge in [0.25, 0.3) is 5.91 Å². The molecule has 7 heteroatoms. The molecule has 0 saturated heterocycles. The van der Waals surface area contributed by atoms with Gasteiger partial charge in [-0.15, -0.1) is 11.3 Å². The number of carbonyl (C=O) groups is 1. The normalized spacial score (nSPS) is 12.1. The van der Waals surface area contributed by atoms with Crippen LogP contribution in [0.1, 0.15) is 47.8 Å². The second kappa shape index (κ2) is 9.38. The highest BCUT2D eigenvalue weighted by atomic mass is 32.1. The third kappa shape index (κ3) is 5.89. The number of hydrogen-bond donors (Lipinski definition) is 4. The van der Waals surface area contributed by atoms with Gasteiger partial charge in [-0.05, 0) is 58.9 Å². The van der Waals surface area contributed by atoms with Crippen molar-refractivity contribution in [3.05, 3.63) is 82.0 Å². The van der Waals surface area contributed by atoms with Crippen LogP contribution >= 0.6 is 23.6 Å². The molecule has 0 radical (unpaired) electrons. The number of amides is 1. The number of nitrogens with one attached hydrogen (secondary N) is 3. The van der Waals surface area contributed by atoms with Gasteiger partial charge in [0.05, 0.1) is 4.88 Å². The van der Waals surface area contributed by atoms with Crippen LogP contribution in [0.25, 0.3) is 0 Å². The van der Waals surface area contributed by atoms with Gasteiger partial charge in [-0.1, -0.05) is 51.1 Å². The van der Waals surface area contributed by atoms with Crippen LogP contribution in [-0.4, -0.2) is 16.1 Å². The van der Waals surface area contributed by atoms with Crippen molar-refractivity contribution in [2.24, 2.45) is 0 Å². The molecule has 0 saturated carbocycles. The van der Waals surface area contributed by atoms with Gasteiger partial charge < -0.3 is 15.7 Å². The maximum absolute atomic E-state index is 12.0. The molecule has 1 unspecified atom stereocenters. The van der Waals surface area contributed by atoms with E-state index in [1.165, 1.54) is 16.9 Å². The maximum atomic E-state index is 12.0. The van der Waals surface area contributed by atoms with Crippen LogP contribution < -0.4 is 16.0 Å². The van der Waals surface area contributed by atoms with E-state index in [1.807, 2.05) is 60.0 Å². The summed E-state index contributed by atoms with van der Waals surface area (Å²) in [6.45, 7) is 6.47. The molecule has 0 aliphatic carbocycles. The van der Waals surface area contributed by atoms with E-state index in [2.05, 4.69) is 36.7 Å². The second-order valence-corrected chi connectivity index (χ2v) is 9.24. The van der Waals surface area contributed by atoms with Crippen molar-refractivity contribution in [3.63, 3.8) is 0 Å². The lowest BCUT2D eigenvalue weighted by atomic mass is 9.86. The van der Waals surface area contributed by atoms with Crippen LogP contribution in [0.2, 0.25) is 0 Å². The molecule has 1 amide bonds. The highest BCUT2D eigenvalue weighted by Gasteiger charge is 2.14. The Morgan fingerprint density at radius 2 is 1.63 bits per heavy atom. The fraction of sp³-hybridized carbons (Fsp3) is 0.217. The molecule has 4 N–H and O–H groups in total. The minimum absolute atomic E-state index is 0.0730. The average molecular weight is 440 g/mol. The molecule has 0 fully saturated rings. The standard InChI is InChI=1S/C23H25N3O2S2/c1-23(2,3)16-8-6-15(7-9-16)20(27)24-17-10-12-18(13-11-17)25-22(29)26-21(28)19-5-4-14-30-19/h4-14,20,24,27H,1-3H3,(H2,25,26,28,29). The lowest BCUT2D eigenvalue weighted by Gasteiger charge is -2.20. The van der Waals surface area contributed by atoms with Crippen LogP contribution in [0.15, 0.2) is 66.0 Å². The van der Waals surface area contributed by atoms with E-state index in [0.29, 0.717) is 4.88 Å². The fourth-order valence-corrected chi connectivity index (χ4v) is 3.62. The van der Waals surface area contributed by atoms with Crippen LogP contribution in [0.5, 0.6) is 0 Å². The summed E-state index contributed by atoms with van der Waals surface area (Å²) in [7, 11) is 0. The number of carbonyl (C=O) groups excluding carboxylic acids is 1. The predicted molar refractivity (Wildman–Crippen MR) is 128 cm³/mol. The Labute approximate surface area is 186 Å². The van der Waals surface area contributed by atoms with Gasteiger partial charge in [-0.2, -0.15) is 0 Å². The van der Waals surface area contributed by atoms with E-state index in [0.717, 1.165) is 16.9 Å². The summed E-state index contributed by atoms with van der Waals surface area (Å²) in [5, 5.41) is 21.3. The number of anilines is 2. The molecule has 1 aromatic heterocycles. The van der Waals surface area contributed by atoms with Crippen LogP contribution in [0.4, 0.5) is 11.4 Å². The number of benzene rings is 2. The highest BCUT2D eigenvalue weighted by Crippen LogP contribution is 2.25. The van der Waals surface area contributed by atoms with Crippen molar-refractivity contribution in [3.8, 4) is 0 Å². The Bertz CT molecular complexity index is 992. The maximum Gasteiger partial charge on any atom is 0.267 e. The van der Waals surface area contributed by atoms with Crippen molar-refractivity contribution in [1.29, 1.82) is 0 Å². The largest absolute Gasteiger partial charge is 0.369 e. The van der Waals surface area contributed by atoms with Gasteiger partial charge >= 0.3 is 0 Å². The summed E-state index contributed by atoms with van der Waals surface area (Å²) >= 11 is 6.55. The number of aliphatic hydroxyl groups is 1. The number of aliphatic hydroxyl groups excluding tert-OH is 1. The van der Waals surface area contributed by atoms with E-state index in [4.69, 9.17) is 12.2 Å². The van der Waals surface area contributed by atoms with Gasteiger partial charge in [0.2, 0.25) is 0 Å². The van der Waals surface area contributed by atoms with E-state index < -0.39 is 6.23 Å². The molecule has 0 bridgehead atoms. The van der Waals surface area contributed by atoms with Crippen LogP contribution in [0.3, 0.4) is 0 Å². The fourth-order valence-electron chi connectivity index (χ4n) is 2.79. The molecule has 3 aromatic rings. The van der Waals surface area contributed by atoms with Gasteiger partial charge in [-0.25, -0.2) is 0 Å². The first-order valence-corrected chi connectivity index (χ1v) is 10.8. The third-order valence-corrected chi connectivity index (χ3v) is 5.58. The van der Waals surface area contributed by atoms with Crippen molar-refractivity contribution in [1.82, 2.24) is 5.32 Å². The lowest BCUT2D eigenvalue weighted by molar-refractivity contribution is 0.0981. The van der Waals surface area contributed by atoms with Gasteiger partial charge in [0.15, 0.2) is 11.3 Å². The summed E-state index contributed by atoms with van der Waals surface area (Å²) < 4.78 is 0. The summed E-state index contributed by atoms with van der Waals surface area (Å²) in [5.74, 6) is -0.235. The average Bonchev–Trinajstić information content (AvgIpc) is 3.24. The number of thiocarbonyl (C=S) groups is 1. The summed E-state index contributed by atoms with van der Waals surface area (Å²) in [4.78, 5) is 12.6. The Kier molecular flexibility index (Phi) is 6.87. The molecule has 30 heavy (non-hydrogen) atoms. The molecule has 1 atom stereocenters. The first-order valence-electron chi connectivity index (χ1n) is 9.53. The highest BCUT2D eigenvalue weighted by molar-refractivity contribution is 7.80. The molecule has 5 nitrogen and oxygen atoms in total. The molecule has 0 aliphatic heterocycles. The summed E-state index contributed by atoms with van der Waals surface area (Å²) in [5.41, 5.74) is 3.59. The van der Waals surface area contributed by atoms with Crippen molar-refractivity contribution >= 4 is 45.9 Å². The minimum atomic E-state index is -0.816. The smallest absolute Gasteiger partial charge is 0.267 e. The molecular formula is C23H25N3O2S2. The molecule has 156 valence electrons. The van der Waals surface area contributed by atoms with Crippen LogP contribution in [-0.2, 0) is 5.41 Å². The molecule has 3 rings (SSSR count). The number of rotatable bonds is 5. The van der Waals surface area contributed by atoms with E-state index in [9.17, 15) is 9.90 Å². The SMILES string of the molecule is CC(C)(C)c1ccc(C(O)Nc2ccc(NC(=S)NC(=O)c3cccs3)cc2)cc1. The number of hydrogen-bond acceptors (Lipinski definition) is 5. The van der Waals surface area contributed by atoms with Gasteiger partial charge in [0.1, 0.15) is 0 Å². The van der Waals surface area contributed by atoms with E-state index >= 15 is 0 Å².